The van der Waals surface area contributed by atoms with Crippen LogP contribution in [0.25, 0.3) is 0 Å². The lowest BCUT2D eigenvalue weighted by molar-refractivity contribution is -0.122. The van der Waals surface area contributed by atoms with Crippen molar-refractivity contribution < 1.29 is 27.9 Å². The summed E-state index contributed by atoms with van der Waals surface area (Å²) in [6, 6.07) is 3.08. The van der Waals surface area contributed by atoms with Gasteiger partial charge >= 0.3 is 5.97 Å². The number of ether oxygens (including phenoxy) is 1. The predicted molar refractivity (Wildman–Crippen MR) is 73.8 cm³/mol. The van der Waals surface area contributed by atoms with Gasteiger partial charge in [-0.25, -0.2) is 13.2 Å². The second-order valence-electron chi connectivity index (χ2n) is 3.67. The summed E-state index contributed by atoms with van der Waals surface area (Å²) in [7, 11) is 0.977. The lowest BCUT2D eigenvalue weighted by atomic mass is 10.2. The van der Waals surface area contributed by atoms with E-state index < -0.39 is 32.4 Å². The van der Waals surface area contributed by atoms with Crippen molar-refractivity contribution in [3.05, 3.63) is 23.8 Å². The van der Waals surface area contributed by atoms with E-state index in [-0.39, 0.29) is 17.9 Å². The van der Waals surface area contributed by atoms with Crippen LogP contribution in [0.1, 0.15) is 10.4 Å². The van der Waals surface area contributed by atoms with Crippen molar-refractivity contribution >= 4 is 31.6 Å². The molecule has 0 saturated heterocycles. The van der Waals surface area contributed by atoms with Crippen LogP contribution in [0, 0.1) is 12.3 Å². The monoisotopic (exact) mass is 331 g/mol. The third-order valence-corrected chi connectivity index (χ3v) is 3.54. The molecule has 1 amide bonds. The zero-order valence-corrected chi connectivity index (χ0v) is 12.1. The molecule has 0 aromatic heterocycles. The number of aromatic carboxylic acids is 1. The van der Waals surface area contributed by atoms with Crippen LogP contribution in [-0.4, -0.2) is 38.6 Å². The van der Waals surface area contributed by atoms with Crippen molar-refractivity contribution in [2.75, 3.05) is 13.2 Å². The first-order valence-corrected chi connectivity index (χ1v) is 7.71. The molecule has 0 aliphatic rings. The summed E-state index contributed by atoms with van der Waals surface area (Å²) in [5.41, 5.74) is -0.279. The molecule has 0 unspecified atom stereocenters. The fourth-order valence-electron chi connectivity index (χ4n) is 1.29. The van der Waals surface area contributed by atoms with E-state index in [4.69, 9.17) is 26.9 Å². The maximum Gasteiger partial charge on any atom is 0.335 e. The second-order valence-corrected chi connectivity index (χ2v) is 6.21. The average molecular weight is 332 g/mol. The average Bonchev–Trinajstić information content (AvgIpc) is 2.41. The SMILES string of the molecule is C#CCNC(=O)COc1ccc(C(=O)O)cc1S(=O)(=O)Cl. The molecule has 0 fully saturated rings. The molecule has 0 saturated carbocycles. The van der Waals surface area contributed by atoms with E-state index in [0.717, 1.165) is 18.2 Å². The van der Waals surface area contributed by atoms with Gasteiger partial charge in [-0.2, -0.15) is 0 Å². The molecule has 1 rings (SSSR count). The van der Waals surface area contributed by atoms with E-state index in [1.807, 2.05) is 0 Å². The molecule has 0 aliphatic carbocycles. The topological polar surface area (TPSA) is 110 Å². The highest BCUT2D eigenvalue weighted by molar-refractivity contribution is 8.13. The first-order valence-electron chi connectivity index (χ1n) is 5.40. The number of carboxylic acid groups (broad SMARTS) is 1. The Morgan fingerprint density at radius 2 is 2.10 bits per heavy atom. The highest BCUT2D eigenvalue weighted by atomic mass is 35.7. The van der Waals surface area contributed by atoms with Crippen molar-refractivity contribution in [1.82, 2.24) is 5.32 Å². The summed E-state index contributed by atoms with van der Waals surface area (Å²) in [4.78, 5) is 21.6. The van der Waals surface area contributed by atoms with Crippen LogP contribution in [0.3, 0.4) is 0 Å². The molecule has 7 nitrogen and oxygen atoms in total. The van der Waals surface area contributed by atoms with Gasteiger partial charge in [-0.05, 0) is 18.2 Å². The Balaban J connectivity index is 3.00. The number of amides is 1. The molecule has 0 bridgehead atoms. The number of halogens is 1. The van der Waals surface area contributed by atoms with Gasteiger partial charge in [0.1, 0.15) is 10.6 Å². The number of rotatable bonds is 6. The van der Waals surface area contributed by atoms with Gasteiger partial charge in [-0.3, -0.25) is 4.79 Å². The minimum absolute atomic E-state index is 0.000801. The van der Waals surface area contributed by atoms with Crippen LogP contribution in [0.5, 0.6) is 5.75 Å². The highest BCUT2D eigenvalue weighted by Gasteiger charge is 2.20. The first kappa shape index (κ1) is 16.8. The normalized spacial score (nSPS) is 10.5. The Morgan fingerprint density at radius 3 is 2.62 bits per heavy atom. The van der Waals surface area contributed by atoms with E-state index in [2.05, 4.69) is 11.2 Å². The van der Waals surface area contributed by atoms with Crippen LogP contribution in [0.2, 0.25) is 0 Å². The quantitative estimate of drug-likeness (QED) is 0.578. The summed E-state index contributed by atoms with van der Waals surface area (Å²) in [5.74, 6) is 0.0659. The van der Waals surface area contributed by atoms with Crippen molar-refractivity contribution in [3.63, 3.8) is 0 Å². The molecule has 9 heteroatoms. The summed E-state index contributed by atoms with van der Waals surface area (Å²) in [6.07, 6.45) is 4.95. The van der Waals surface area contributed by atoms with E-state index in [1.165, 1.54) is 0 Å². The largest absolute Gasteiger partial charge is 0.482 e. The number of benzene rings is 1. The minimum atomic E-state index is -4.23. The Bertz CT molecular complexity index is 707. The zero-order valence-electron chi connectivity index (χ0n) is 10.5. The summed E-state index contributed by atoms with van der Waals surface area (Å²) in [6.45, 7) is -0.492. The number of carbonyl (C=O) groups excluding carboxylic acids is 1. The third kappa shape index (κ3) is 4.98. The lowest BCUT2D eigenvalue weighted by Gasteiger charge is -2.10. The van der Waals surface area contributed by atoms with E-state index in [1.54, 1.807) is 0 Å². The fourth-order valence-corrected chi connectivity index (χ4v) is 2.29. The van der Waals surface area contributed by atoms with Crippen molar-refractivity contribution in [2.24, 2.45) is 0 Å². The molecule has 1 aromatic rings. The highest BCUT2D eigenvalue weighted by Crippen LogP contribution is 2.28. The number of hydrogen-bond donors (Lipinski definition) is 2. The van der Waals surface area contributed by atoms with Gasteiger partial charge in [-0.15, -0.1) is 6.42 Å². The molecule has 1 aromatic carbocycles. The standard InChI is InChI=1S/C12H10ClNO6S/c1-2-5-14-11(15)7-20-9-4-3-8(12(16)17)6-10(9)21(13,18)19/h1,3-4,6H,5,7H2,(H,14,15)(H,16,17). The molecule has 0 radical (unpaired) electrons. The van der Waals surface area contributed by atoms with Gasteiger partial charge in [0.2, 0.25) is 0 Å². The summed E-state index contributed by atoms with van der Waals surface area (Å²) >= 11 is 0. The van der Waals surface area contributed by atoms with Crippen LogP contribution < -0.4 is 10.1 Å². The summed E-state index contributed by atoms with van der Waals surface area (Å²) in [5, 5.41) is 11.1. The van der Waals surface area contributed by atoms with Crippen molar-refractivity contribution in [2.45, 2.75) is 4.90 Å². The molecular formula is C12H10ClNO6S. The van der Waals surface area contributed by atoms with Crippen molar-refractivity contribution in [3.8, 4) is 18.1 Å². The second kappa shape index (κ2) is 6.97. The van der Waals surface area contributed by atoms with Crippen LogP contribution in [-0.2, 0) is 13.8 Å². The molecule has 0 atom stereocenters. The first-order chi connectivity index (χ1) is 9.75. The number of terminal acetylenes is 1. The maximum absolute atomic E-state index is 11.4. The number of nitrogens with one attached hydrogen (secondary N) is 1. The zero-order chi connectivity index (χ0) is 16.0. The third-order valence-electron chi connectivity index (χ3n) is 2.20. The van der Waals surface area contributed by atoms with Gasteiger partial charge in [-0.1, -0.05) is 5.92 Å². The Hall–Kier alpha value is -2.24. The molecular weight excluding hydrogens is 322 g/mol. The van der Waals surface area contributed by atoms with Gasteiger partial charge in [0.15, 0.2) is 6.61 Å². The van der Waals surface area contributed by atoms with E-state index >= 15 is 0 Å². The van der Waals surface area contributed by atoms with Gasteiger partial charge in [0, 0.05) is 10.7 Å². The lowest BCUT2D eigenvalue weighted by Crippen LogP contribution is -2.29. The fraction of sp³-hybridized carbons (Fsp3) is 0.167. The van der Waals surface area contributed by atoms with Gasteiger partial charge in [0.25, 0.3) is 15.0 Å². The van der Waals surface area contributed by atoms with E-state index in [0.29, 0.717) is 0 Å². The molecule has 0 heterocycles. The Labute approximate surface area is 125 Å². The van der Waals surface area contributed by atoms with Crippen LogP contribution >= 0.6 is 10.7 Å². The molecule has 0 aliphatic heterocycles. The maximum atomic E-state index is 11.4. The van der Waals surface area contributed by atoms with Crippen LogP contribution in [0.4, 0.5) is 0 Å². The number of carbonyl (C=O) groups is 2. The van der Waals surface area contributed by atoms with Gasteiger partial charge < -0.3 is 15.2 Å². The predicted octanol–water partition coefficient (Wildman–Crippen LogP) is 0.440. The van der Waals surface area contributed by atoms with E-state index in [9.17, 15) is 18.0 Å². The number of hydrogen-bond acceptors (Lipinski definition) is 5. The van der Waals surface area contributed by atoms with Gasteiger partial charge in [0.05, 0.1) is 12.1 Å². The number of carboxylic acids is 1. The molecule has 112 valence electrons. The molecule has 0 spiro atoms. The molecule has 2 N–H and O–H groups in total. The minimum Gasteiger partial charge on any atom is -0.482 e. The Kier molecular flexibility index (Phi) is 5.58. The smallest absolute Gasteiger partial charge is 0.335 e. The Morgan fingerprint density at radius 1 is 1.43 bits per heavy atom. The molecule has 21 heavy (non-hydrogen) atoms. The summed E-state index contributed by atoms with van der Waals surface area (Å²) < 4.78 is 27.8. The van der Waals surface area contributed by atoms with Crippen LogP contribution in [0.15, 0.2) is 23.1 Å². The van der Waals surface area contributed by atoms with Crippen molar-refractivity contribution in [1.29, 1.82) is 0 Å².